The van der Waals surface area contributed by atoms with Crippen molar-refractivity contribution in [3.8, 4) is 28.2 Å². The third kappa shape index (κ3) is 3.17. The standard InChI is InChI=1S/C36H24N4/c1-4-11-25(12-5-1)26-19-20-33-31(21-26)36(28-13-6-2-7-14-28,29-15-8-3-9-16-29)30-17-10-18-32-34(30)40(33)35(39-32)27-22-37-24-38-23-27/h1-24H. The van der Waals surface area contributed by atoms with Gasteiger partial charge in [0.25, 0.3) is 0 Å². The van der Waals surface area contributed by atoms with Crippen molar-refractivity contribution in [2.24, 2.45) is 0 Å². The first kappa shape index (κ1) is 22.6. The van der Waals surface area contributed by atoms with Gasteiger partial charge in [-0.2, -0.15) is 0 Å². The number of para-hydroxylation sites is 1. The molecule has 0 atom stereocenters. The van der Waals surface area contributed by atoms with Crippen LogP contribution < -0.4 is 0 Å². The number of imidazole rings is 1. The van der Waals surface area contributed by atoms with E-state index in [0.29, 0.717) is 0 Å². The van der Waals surface area contributed by atoms with E-state index in [9.17, 15) is 0 Å². The summed E-state index contributed by atoms with van der Waals surface area (Å²) in [5, 5.41) is 0. The van der Waals surface area contributed by atoms with E-state index in [2.05, 4.69) is 142 Å². The molecule has 0 saturated carbocycles. The molecule has 8 rings (SSSR count). The minimum absolute atomic E-state index is 0.553. The van der Waals surface area contributed by atoms with Crippen molar-refractivity contribution in [3.63, 3.8) is 0 Å². The highest BCUT2D eigenvalue weighted by molar-refractivity contribution is 5.93. The Kier molecular flexibility index (Phi) is 5.01. The van der Waals surface area contributed by atoms with E-state index in [1.165, 1.54) is 33.4 Å². The van der Waals surface area contributed by atoms with Crippen LogP contribution in [-0.4, -0.2) is 19.5 Å². The third-order valence-electron chi connectivity index (χ3n) is 8.06. The Bertz CT molecular complexity index is 1940. The SMILES string of the molecule is c1ccc(-c2ccc3c(c2)C(c2ccccc2)(c2ccccc2)c2cccc4nc(-c5cncnc5)n-3c24)cc1. The van der Waals surface area contributed by atoms with Gasteiger partial charge in [0.2, 0.25) is 0 Å². The Balaban J connectivity index is 1.58. The number of hydrogen-bond donors (Lipinski definition) is 0. The molecule has 0 bridgehead atoms. The largest absolute Gasteiger partial charge is 0.292 e. The average molecular weight is 513 g/mol. The third-order valence-corrected chi connectivity index (χ3v) is 8.06. The van der Waals surface area contributed by atoms with Crippen LogP contribution in [0, 0.1) is 0 Å². The van der Waals surface area contributed by atoms with Crippen molar-refractivity contribution in [3.05, 3.63) is 168 Å². The van der Waals surface area contributed by atoms with E-state index < -0.39 is 5.41 Å². The highest BCUT2D eigenvalue weighted by Crippen LogP contribution is 2.54. The lowest BCUT2D eigenvalue weighted by Gasteiger charge is -2.41. The van der Waals surface area contributed by atoms with Crippen molar-refractivity contribution < 1.29 is 0 Å². The lowest BCUT2D eigenvalue weighted by atomic mass is 9.63. The molecular weight excluding hydrogens is 488 g/mol. The monoisotopic (exact) mass is 512 g/mol. The van der Waals surface area contributed by atoms with Gasteiger partial charge in [0, 0.05) is 12.4 Å². The minimum Gasteiger partial charge on any atom is -0.292 e. The zero-order valence-corrected chi connectivity index (χ0v) is 21.6. The molecule has 1 aliphatic rings. The summed E-state index contributed by atoms with van der Waals surface area (Å²) < 4.78 is 2.30. The summed E-state index contributed by atoms with van der Waals surface area (Å²) >= 11 is 0. The van der Waals surface area contributed by atoms with Gasteiger partial charge in [-0.3, -0.25) is 4.57 Å². The fourth-order valence-electron chi connectivity index (χ4n) is 6.42. The fraction of sp³-hybridized carbons (Fsp3) is 0.0278. The van der Waals surface area contributed by atoms with E-state index in [1.807, 2.05) is 12.4 Å². The van der Waals surface area contributed by atoms with Gasteiger partial charge in [-0.25, -0.2) is 15.0 Å². The zero-order valence-electron chi connectivity index (χ0n) is 21.6. The quantitative estimate of drug-likeness (QED) is 0.241. The molecule has 1 aliphatic heterocycles. The molecule has 2 aromatic heterocycles. The van der Waals surface area contributed by atoms with E-state index in [1.54, 1.807) is 6.33 Å². The minimum atomic E-state index is -0.553. The maximum absolute atomic E-state index is 5.17. The molecule has 5 aromatic carbocycles. The van der Waals surface area contributed by atoms with Crippen LogP contribution in [0.1, 0.15) is 22.3 Å². The molecule has 188 valence electrons. The van der Waals surface area contributed by atoms with Crippen LogP contribution in [0.25, 0.3) is 39.2 Å². The first-order valence-corrected chi connectivity index (χ1v) is 13.4. The van der Waals surface area contributed by atoms with Crippen molar-refractivity contribution >= 4 is 11.0 Å². The molecule has 0 fully saturated rings. The Labute approximate surface area is 232 Å². The summed E-state index contributed by atoms with van der Waals surface area (Å²) in [6.07, 6.45) is 5.24. The van der Waals surface area contributed by atoms with Gasteiger partial charge in [-0.05, 0) is 51.6 Å². The molecule has 3 heterocycles. The maximum atomic E-state index is 5.17. The Morgan fingerprint density at radius 3 is 1.85 bits per heavy atom. The molecule has 0 amide bonds. The van der Waals surface area contributed by atoms with Gasteiger partial charge in [0.1, 0.15) is 12.2 Å². The first-order chi connectivity index (χ1) is 19.9. The Morgan fingerprint density at radius 1 is 0.525 bits per heavy atom. The predicted octanol–water partition coefficient (Wildman–Crippen LogP) is 7.85. The number of rotatable bonds is 4. The van der Waals surface area contributed by atoms with Gasteiger partial charge >= 0.3 is 0 Å². The summed E-state index contributed by atoms with van der Waals surface area (Å²) in [4.78, 5) is 13.8. The summed E-state index contributed by atoms with van der Waals surface area (Å²) in [5.74, 6) is 0.839. The van der Waals surface area contributed by atoms with E-state index in [0.717, 1.165) is 28.1 Å². The second kappa shape index (κ2) is 8.85. The highest BCUT2D eigenvalue weighted by Gasteiger charge is 2.45. The first-order valence-electron chi connectivity index (χ1n) is 13.4. The average Bonchev–Trinajstić information content (AvgIpc) is 3.44. The van der Waals surface area contributed by atoms with Gasteiger partial charge in [0.15, 0.2) is 0 Å². The van der Waals surface area contributed by atoms with Crippen molar-refractivity contribution in [1.82, 2.24) is 19.5 Å². The van der Waals surface area contributed by atoms with E-state index in [4.69, 9.17) is 4.98 Å². The van der Waals surface area contributed by atoms with Crippen LogP contribution in [0.15, 0.2) is 146 Å². The topological polar surface area (TPSA) is 43.6 Å². The molecule has 0 saturated heterocycles. The molecule has 7 aromatic rings. The lowest BCUT2D eigenvalue weighted by molar-refractivity contribution is 0.726. The number of nitrogens with zero attached hydrogens (tertiary/aromatic N) is 4. The van der Waals surface area contributed by atoms with Crippen LogP contribution in [0.2, 0.25) is 0 Å². The molecule has 0 radical (unpaired) electrons. The second-order valence-corrected chi connectivity index (χ2v) is 10.2. The summed E-state index contributed by atoms with van der Waals surface area (Å²) in [6.45, 7) is 0. The molecule has 0 spiro atoms. The van der Waals surface area contributed by atoms with Gasteiger partial charge in [0.05, 0.1) is 27.7 Å². The van der Waals surface area contributed by atoms with Crippen molar-refractivity contribution in [2.75, 3.05) is 0 Å². The lowest BCUT2D eigenvalue weighted by Crippen LogP contribution is -2.35. The molecule has 4 nitrogen and oxygen atoms in total. The van der Waals surface area contributed by atoms with Crippen molar-refractivity contribution in [1.29, 1.82) is 0 Å². The van der Waals surface area contributed by atoms with Crippen LogP contribution in [-0.2, 0) is 5.41 Å². The summed E-state index contributed by atoms with van der Waals surface area (Å²) in [6, 6.07) is 45.7. The maximum Gasteiger partial charge on any atom is 0.148 e. The van der Waals surface area contributed by atoms with Crippen LogP contribution in [0.4, 0.5) is 0 Å². The second-order valence-electron chi connectivity index (χ2n) is 10.2. The zero-order chi connectivity index (χ0) is 26.5. The van der Waals surface area contributed by atoms with Gasteiger partial charge < -0.3 is 0 Å². The van der Waals surface area contributed by atoms with E-state index >= 15 is 0 Å². The fourth-order valence-corrected chi connectivity index (χ4v) is 6.42. The molecule has 0 unspecified atom stereocenters. The Morgan fingerprint density at radius 2 is 1.18 bits per heavy atom. The van der Waals surface area contributed by atoms with Crippen LogP contribution in [0.5, 0.6) is 0 Å². The number of aromatic nitrogens is 4. The normalized spacial score (nSPS) is 13.2. The molecule has 0 N–H and O–H groups in total. The smallest absolute Gasteiger partial charge is 0.148 e. The van der Waals surface area contributed by atoms with Crippen molar-refractivity contribution in [2.45, 2.75) is 5.41 Å². The van der Waals surface area contributed by atoms with Crippen LogP contribution in [0.3, 0.4) is 0 Å². The van der Waals surface area contributed by atoms with E-state index in [-0.39, 0.29) is 0 Å². The number of hydrogen-bond acceptors (Lipinski definition) is 3. The van der Waals surface area contributed by atoms with Gasteiger partial charge in [-0.15, -0.1) is 0 Å². The number of fused-ring (bicyclic) bond motifs is 2. The van der Waals surface area contributed by atoms with Gasteiger partial charge in [-0.1, -0.05) is 109 Å². The highest BCUT2D eigenvalue weighted by atomic mass is 15.1. The molecule has 4 heteroatoms. The summed E-state index contributed by atoms with van der Waals surface area (Å²) in [5.41, 5.74) is 10.7. The Hall–Kier alpha value is -5.35. The number of benzene rings is 5. The summed E-state index contributed by atoms with van der Waals surface area (Å²) in [7, 11) is 0. The predicted molar refractivity (Wildman–Crippen MR) is 159 cm³/mol. The molecule has 0 aliphatic carbocycles. The molecule has 40 heavy (non-hydrogen) atoms. The van der Waals surface area contributed by atoms with Crippen LogP contribution >= 0.6 is 0 Å². The molecular formula is C36H24N4.